The van der Waals surface area contributed by atoms with Gasteiger partial charge in [-0.05, 0) is 33.4 Å². The molecule has 1 saturated carbocycles. The molecule has 0 saturated heterocycles. The van der Waals surface area contributed by atoms with Crippen molar-refractivity contribution in [3.8, 4) is 5.95 Å². The van der Waals surface area contributed by atoms with Crippen molar-refractivity contribution in [2.45, 2.75) is 24.8 Å². The summed E-state index contributed by atoms with van der Waals surface area (Å²) in [5.41, 5.74) is 5.96. The monoisotopic (exact) mass is 288 g/mol. The Bertz CT molecular complexity index is 603. The van der Waals surface area contributed by atoms with E-state index in [0.29, 0.717) is 11.9 Å². The third kappa shape index (κ3) is 2.66. The van der Waals surface area contributed by atoms with E-state index in [4.69, 9.17) is 5.73 Å². The van der Waals surface area contributed by atoms with E-state index in [9.17, 15) is 0 Å². The standard InChI is InChI=1S/C13H20N8/c1-20(2)13(4-3-5-13)8-16-11-17-10(14)18-12(19-11)21-7-6-15-9-21/h6-7,9H,3-5,8H2,1-2H3,(H3,14,16,17,18,19). The molecule has 0 spiro atoms. The molecule has 0 amide bonds. The van der Waals surface area contributed by atoms with Crippen LogP contribution in [0, 0.1) is 0 Å². The van der Waals surface area contributed by atoms with E-state index in [0.717, 1.165) is 6.54 Å². The molecule has 3 N–H and O–H groups in total. The highest BCUT2D eigenvalue weighted by Crippen LogP contribution is 2.36. The molecule has 0 aliphatic heterocycles. The summed E-state index contributed by atoms with van der Waals surface area (Å²) in [4.78, 5) is 18.9. The number of likely N-dealkylation sites (N-methyl/N-ethyl adjacent to an activating group) is 1. The summed E-state index contributed by atoms with van der Waals surface area (Å²) < 4.78 is 1.70. The summed E-state index contributed by atoms with van der Waals surface area (Å²) in [5.74, 6) is 1.16. The van der Waals surface area contributed by atoms with Crippen molar-refractivity contribution in [3.05, 3.63) is 18.7 Å². The second kappa shape index (κ2) is 5.28. The highest BCUT2D eigenvalue weighted by atomic mass is 15.3. The highest BCUT2D eigenvalue weighted by Gasteiger charge is 2.38. The van der Waals surface area contributed by atoms with Gasteiger partial charge in [0.1, 0.15) is 6.33 Å². The molecule has 1 fully saturated rings. The Balaban J connectivity index is 1.77. The third-order valence-electron chi connectivity index (χ3n) is 4.18. The second-order valence-corrected chi connectivity index (χ2v) is 5.61. The Morgan fingerprint density at radius 1 is 1.33 bits per heavy atom. The fourth-order valence-corrected chi connectivity index (χ4v) is 2.56. The Morgan fingerprint density at radius 3 is 2.71 bits per heavy atom. The maximum absolute atomic E-state index is 5.76. The van der Waals surface area contributed by atoms with Gasteiger partial charge in [0.2, 0.25) is 17.8 Å². The van der Waals surface area contributed by atoms with Crippen molar-refractivity contribution >= 4 is 11.9 Å². The summed E-state index contributed by atoms with van der Waals surface area (Å²) in [6.07, 6.45) is 8.70. The van der Waals surface area contributed by atoms with Crippen LogP contribution >= 0.6 is 0 Å². The number of nitrogens with zero attached hydrogens (tertiary/aromatic N) is 6. The number of rotatable bonds is 5. The lowest BCUT2D eigenvalue weighted by Crippen LogP contribution is -2.54. The second-order valence-electron chi connectivity index (χ2n) is 5.61. The van der Waals surface area contributed by atoms with Gasteiger partial charge in [-0.15, -0.1) is 0 Å². The Labute approximate surface area is 123 Å². The fraction of sp³-hybridized carbons (Fsp3) is 0.538. The van der Waals surface area contributed by atoms with Crippen molar-refractivity contribution in [1.29, 1.82) is 0 Å². The average molecular weight is 288 g/mol. The van der Waals surface area contributed by atoms with Crippen molar-refractivity contribution in [1.82, 2.24) is 29.4 Å². The van der Waals surface area contributed by atoms with Crippen LogP contribution in [0.1, 0.15) is 19.3 Å². The summed E-state index contributed by atoms with van der Waals surface area (Å²) in [5, 5.41) is 3.29. The molecule has 0 bridgehead atoms. The van der Waals surface area contributed by atoms with Crippen LogP contribution in [0.3, 0.4) is 0 Å². The minimum Gasteiger partial charge on any atom is -0.368 e. The Morgan fingerprint density at radius 2 is 2.14 bits per heavy atom. The quantitative estimate of drug-likeness (QED) is 0.828. The number of hydrogen-bond donors (Lipinski definition) is 2. The van der Waals surface area contributed by atoms with Crippen molar-refractivity contribution in [2.24, 2.45) is 0 Å². The van der Waals surface area contributed by atoms with Crippen LogP contribution in [-0.4, -0.2) is 55.6 Å². The fourth-order valence-electron chi connectivity index (χ4n) is 2.56. The largest absolute Gasteiger partial charge is 0.368 e. The number of anilines is 2. The smallest absolute Gasteiger partial charge is 0.241 e. The average Bonchev–Trinajstić information content (AvgIpc) is 2.90. The van der Waals surface area contributed by atoms with Crippen LogP contribution in [0.4, 0.5) is 11.9 Å². The summed E-state index contributed by atoms with van der Waals surface area (Å²) in [7, 11) is 4.22. The van der Waals surface area contributed by atoms with Gasteiger partial charge in [-0.2, -0.15) is 15.0 Å². The Kier molecular flexibility index (Phi) is 3.46. The zero-order chi connectivity index (χ0) is 14.9. The number of imidazole rings is 1. The lowest BCUT2D eigenvalue weighted by atomic mass is 9.75. The predicted molar refractivity (Wildman–Crippen MR) is 80.1 cm³/mol. The molecule has 1 aliphatic carbocycles. The number of nitrogens with two attached hydrogens (primary N) is 1. The molecule has 0 atom stereocenters. The summed E-state index contributed by atoms with van der Waals surface area (Å²) in [6.45, 7) is 0.798. The summed E-state index contributed by atoms with van der Waals surface area (Å²) in [6, 6.07) is 0. The SMILES string of the molecule is CN(C)C1(CNc2nc(N)nc(-n3ccnc3)n2)CCC1. The molecule has 2 aromatic rings. The topological polar surface area (TPSA) is 97.8 Å². The minimum atomic E-state index is 0.191. The minimum absolute atomic E-state index is 0.191. The van der Waals surface area contributed by atoms with Gasteiger partial charge in [-0.25, -0.2) is 4.98 Å². The number of hydrogen-bond acceptors (Lipinski definition) is 7. The molecule has 0 unspecified atom stereocenters. The van der Waals surface area contributed by atoms with E-state index in [2.05, 4.69) is 44.2 Å². The predicted octanol–water partition coefficient (Wildman–Crippen LogP) is 0.536. The van der Waals surface area contributed by atoms with Crippen molar-refractivity contribution < 1.29 is 0 Å². The van der Waals surface area contributed by atoms with Gasteiger partial charge in [0.25, 0.3) is 0 Å². The molecule has 8 heteroatoms. The maximum Gasteiger partial charge on any atom is 0.241 e. The van der Waals surface area contributed by atoms with Gasteiger partial charge in [0.15, 0.2) is 0 Å². The van der Waals surface area contributed by atoms with Crippen molar-refractivity contribution in [2.75, 3.05) is 31.7 Å². The first-order chi connectivity index (χ1) is 10.1. The molecule has 21 heavy (non-hydrogen) atoms. The van der Waals surface area contributed by atoms with Crippen LogP contribution in [-0.2, 0) is 0 Å². The van der Waals surface area contributed by atoms with E-state index < -0.39 is 0 Å². The van der Waals surface area contributed by atoms with E-state index in [1.807, 2.05) is 0 Å². The molecule has 112 valence electrons. The highest BCUT2D eigenvalue weighted by molar-refractivity contribution is 5.35. The first kappa shape index (κ1) is 13.7. The Hall–Kier alpha value is -2.22. The number of nitrogens with one attached hydrogen (secondary N) is 1. The van der Waals surface area contributed by atoms with E-state index in [1.54, 1.807) is 23.3 Å². The third-order valence-corrected chi connectivity index (χ3v) is 4.18. The molecule has 2 heterocycles. The first-order valence-corrected chi connectivity index (χ1v) is 7.00. The van der Waals surface area contributed by atoms with Crippen LogP contribution in [0.25, 0.3) is 5.95 Å². The van der Waals surface area contributed by atoms with E-state index >= 15 is 0 Å². The lowest BCUT2D eigenvalue weighted by molar-refractivity contribution is 0.0737. The lowest BCUT2D eigenvalue weighted by Gasteiger charge is -2.47. The number of aromatic nitrogens is 5. The molecular formula is C13H20N8. The zero-order valence-electron chi connectivity index (χ0n) is 12.3. The van der Waals surface area contributed by atoms with Crippen molar-refractivity contribution in [3.63, 3.8) is 0 Å². The van der Waals surface area contributed by atoms with Crippen LogP contribution < -0.4 is 11.1 Å². The van der Waals surface area contributed by atoms with Crippen LogP contribution in [0.5, 0.6) is 0 Å². The van der Waals surface area contributed by atoms with Crippen LogP contribution in [0.15, 0.2) is 18.7 Å². The molecule has 1 aliphatic rings. The van der Waals surface area contributed by atoms with Gasteiger partial charge < -0.3 is 16.0 Å². The van der Waals surface area contributed by atoms with Gasteiger partial charge in [0, 0.05) is 24.5 Å². The number of nitrogen functional groups attached to an aromatic ring is 1. The molecule has 0 aromatic carbocycles. The first-order valence-electron chi connectivity index (χ1n) is 7.00. The van der Waals surface area contributed by atoms with E-state index in [1.165, 1.54) is 19.3 Å². The molecule has 0 radical (unpaired) electrons. The molecule has 3 rings (SSSR count). The van der Waals surface area contributed by atoms with Gasteiger partial charge >= 0.3 is 0 Å². The molecular weight excluding hydrogens is 268 g/mol. The maximum atomic E-state index is 5.76. The van der Waals surface area contributed by atoms with Gasteiger partial charge in [-0.3, -0.25) is 4.57 Å². The summed E-state index contributed by atoms with van der Waals surface area (Å²) >= 11 is 0. The molecule has 2 aromatic heterocycles. The molecule has 8 nitrogen and oxygen atoms in total. The normalized spacial score (nSPS) is 16.7. The van der Waals surface area contributed by atoms with Gasteiger partial charge in [0.05, 0.1) is 0 Å². The zero-order valence-corrected chi connectivity index (χ0v) is 12.3. The van der Waals surface area contributed by atoms with Gasteiger partial charge in [-0.1, -0.05) is 0 Å². The van der Waals surface area contributed by atoms with E-state index in [-0.39, 0.29) is 11.5 Å². The van der Waals surface area contributed by atoms with Crippen LogP contribution in [0.2, 0.25) is 0 Å².